The van der Waals surface area contributed by atoms with Gasteiger partial charge in [0.2, 0.25) is 0 Å². The largest absolute Gasteiger partial charge is 0.465 e. The van der Waals surface area contributed by atoms with Crippen molar-refractivity contribution < 1.29 is 23.9 Å². The maximum atomic E-state index is 12.3. The molecule has 1 atom stereocenters. The third-order valence-corrected chi connectivity index (χ3v) is 5.83. The number of carbonyl (C=O) groups is 3. The molecule has 1 N–H and O–H groups in total. The van der Waals surface area contributed by atoms with Gasteiger partial charge in [0.25, 0.3) is 5.91 Å². The summed E-state index contributed by atoms with van der Waals surface area (Å²) in [6, 6.07) is 2.79. The van der Waals surface area contributed by atoms with Crippen LogP contribution >= 0.6 is 22.9 Å². The molecule has 28 heavy (non-hydrogen) atoms. The molecule has 0 spiro atoms. The van der Waals surface area contributed by atoms with Crippen molar-refractivity contribution in [2.45, 2.75) is 26.2 Å². The van der Waals surface area contributed by atoms with E-state index in [2.05, 4.69) is 17.2 Å². The Balaban J connectivity index is 1.70. The highest BCUT2D eigenvalue weighted by molar-refractivity contribution is 7.17. The number of pyridine rings is 1. The number of amides is 1. The molecule has 3 rings (SSSR count). The number of carbonyl (C=O) groups excluding carboxylic acids is 3. The zero-order valence-corrected chi connectivity index (χ0v) is 17.0. The van der Waals surface area contributed by atoms with Crippen LogP contribution in [-0.4, -0.2) is 36.5 Å². The fourth-order valence-electron chi connectivity index (χ4n) is 3.06. The highest BCUT2D eigenvalue weighted by Gasteiger charge is 2.29. The van der Waals surface area contributed by atoms with Gasteiger partial charge in [-0.2, -0.15) is 0 Å². The number of thiophene rings is 1. The quantitative estimate of drug-likeness (QED) is 0.585. The van der Waals surface area contributed by atoms with Crippen molar-refractivity contribution in [2.24, 2.45) is 5.92 Å². The summed E-state index contributed by atoms with van der Waals surface area (Å²) in [5, 5.41) is 3.26. The number of esters is 2. The molecule has 0 fully saturated rings. The third kappa shape index (κ3) is 4.51. The lowest BCUT2D eigenvalue weighted by Crippen LogP contribution is -2.22. The number of ether oxygens (including phenoxy) is 2. The Hall–Kier alpha value is -2.45. The first kappa shape index (κ1) is 20.3. The Labute approximate surface area is 171 Å². The standard InChI is InChI=1S/C19H19ClN2O5S/c1-10-3-4-12-13(7-10)28-17(16(12)19(25)26-2)22-15(23)9-27-18(24)11-5-6-21-14(20)8-11/h5-6,8,10H,3-4,7,9H2,1-2H3,(H,22,23). The second-order valence-corrected chi connectivity index (χ2v) is 8.03. The topological polar surface area (TPSA) is 94.6 Å². The van der Waals surface area contributed by atoms with Crippen molar-refractivity contribution in [3.8, 4) is 0 Å². The van der Waals surface area contributed by atoms with Gasteiger partial charge in [-0.15, -0.1) is 11.3 Å². The second kappa shape index (κ2) is 8.70. The average molecular weight is 423 g/mol. The number of rotatable bonds is 5. The van der Waals surface area contributed by atoms with Crippen molar-refractivity contribution >= 4 is 45.8 Å². The zero-order chi connectivity index (χ0) is 20.3. The molecule has 0 radical (unpaired) electrons. The lowest BCUT2D eigenvalue weighted by molar-refractivity contribution is -0.119. The Morgan fingerprint density at radius 2 is 2.14 bits per heavy atom. The van der Waals surface area contributed by atoms with Crippen molar-refractivity contribution in [3.05, 3.63) is 45.1 Å². The fraction of sp³-hybridized carbons (Fsp3) is 0.368. The van der Waals surface area contributed by atoms with Crippen LogP contribution in [0.25, 0.3) is 0 Å². The van der Waals surface area contributed by atoms with E-state index >= 15 is 0 Å². The lowest BCUT2D eigenvalue weighted by atomic mass is 9.88. The van der Waals surface area contributed by atoms with Gasteiger partial charge >= 0.3 is 11.9 Å². The number of hydrogen-bond donors (Lipinski definition) is 1. The summed E-state index contributed by atoms with van der Waals surface area (Å²) in [5.74, 6) is -1.18. The minimum absolute atomic E-state index is 0.153. The van der Waals surface area contributed by atoms with E-state index in [9.17, 15) is 14.4 Å². The predicted molar refractivity (Wildman–Crippen MR) is 105 cm³/mol. The number of methoxy groups -OCH3 is 1. The van der Waals surface area contributed by atoms with E-state index in [1.807, 2.05) is 0 Å². The van der Waals surface area contributed by atoms with E-state index in [0.717, 1.165) is 29.7 Å². The van der Waals surface area contributed by atoms with Crippen molar-refractivity contribution in [3.63, 3.8) is 0 Å². The van der Waals surface area contributed by atoms with Crippen LogP contribution in [0.4, 0.5) is 5.00 Å². The molecule has 7 nitrogen and oxygen atoms in total. The van der Waals surface area contributed by atoms with Gasteiger partial charge in [-0.1, -0.05) is 18.5 Å². The molecule has 0 aromatic carbocycles. The number of nitrogens with one attached hydrogen (secondary N) is 1. The minimum atomic E-state index is -0.688. The first-order valence-electron chi connectivity index (χ1n) is 8.70. The molecule has 2 heterocycles. The van der Waals surface area contributed by atoms with Crippen LogP contribution in [0.2, 0.25) is 5.15 Å². The SMILES string of the molecule is COC(=O)c1c(NC(=O)COC(=O)c2ccnc(Cl)c2)sc2c1CCC(C)C2. The molecule has 1 amide bonds. The van der Waals surface area contributed by atoms with Crippen LogP contribution in [-0.2, 0) is 27.1 Å². The van der Waals surface area contributed by atoms with Crippen LogP contribution in [0, 0.1) is 5.92 Å². The molecule has 2 aromatic rings. The summed E-state index contributed by atoms with van der Waals surface area (Å²) in [6.45, 7) is 1.67. The molecular weight excluding hydrogens is 404 g/mol. The molecule has 1 unspecified atom stereocenters. The van der Waals surface area contributed by atoms with E-state index in [4.69, 9.17) is 21.1 Å². The Bertz CT molecular complexity index is 927. The highest BCUT2D eigenvalue weighted by Crippen LogP contribution is 2.40. The molecule has 9 heteroatoms. The van der Waals surface area contributed by atoms with Gasteiger partial charge in [-0.3, -0.25) is 4.79 Å². The van der Waals surface area contributed by atoms with Crippen molar-refractivity contribution in [1.82, 2.24) is 4.98 Å². The zero-order valence-electron chi connectivity index (χ0n) is 15.4. The Morgan fingerprint density at radius 1 is 1.36 bits per heavy atom. The van der Waals surface area contributed by atoms with Gasteiger partial charge in [0.15, 0.2) is 6.61 Å². The molecule has 2 aromatic heterocycles. The molecule has 1 aliphatic carbocycles. The summed E-state index contributed by atoms with van der Waals surface area (Å²) in [4.78, 5) is 41.4. The summed E-state index contributed by atoms with van der Waals surface area (Å²) < 4.78 is 9.90. The molecular formula is C19H19ClN2O5S. The molecule has 0 aliphatic heterocycles. The van der Waals surface area contributed by atoms with Gasteiger partial charge in [0.1, 0.15) is 10.2 Å². The van der Waals surface area contributed by atoms with Gasteiger partial charge < -0.3 is 14.8 Å². The second-order valence-electron chi connectivity index (χ2n) is 6.54. The number of nitrogens with zero attached hydrogens (tertiary/aromatic N) is 1. The summed E-state index contributed by atoms with van der Waals surface area (Å²) in [6.07, 6.45) is 3.98. The average Bonchev–Trinajstić information content (AvgIpc) is 3.02. The molecule has 148 valence electrons. The van der Waals surface area contributed by atoms with E-state index in [1.165, 1.54) is 36.8 Å². The van der Waals surface area contributed by atoms with E-state index in [-0.39, 0.29) is 10.7 Å². The first-order chi connectivity index (χ1) is 13.4. The first-order valence-corrected chi connectivity index (χ1v) is 9.89. The summed E-state index contributed by atoms with van der Waals surface area (Å²) in [5.41, 5.74) is 1.53. The summed E-state index contributed by atoms with van der Waals surface area (Å²) >= 11 is 7.11. The number of hydrogen-bond acceptors (Lipinski definition) is 7. The minimum Gasteiger partial charge on any atom is -0.465 e. The normalized spacial score (nSPS) is 15.5. The van der Waals surface area contributed by atoms with Crippen molar-refractivity contribution in [1.29, 1.82) is 0 Å². The van der Waals surface area contributed by atoms with Crippen LogP contribution in [0.5, 0.6) is 0 Å². The molecule has 0 saturated heterocycles. The maximum absolute atomic E-state index is 12.3. The van der Waals surface area contributed by atoms with Gasteiger partial charge in [0, 0.05) is 11.1 Å². The van der Waals surface area contributed by atoms with E-state index in [1.54, 1.807) is 0 Å². The Kier molecular flexibility index (Phi) is 6.31. The Morgan fingerprint density at radius 3 is 2.86 bits per heavy atom. The number of fused-ring (bicyclic) bond motifs is 1. The molecule has 0 saturated carbocycles. The lowest BCUT2D eigenvalue weighted by Gasteiger charge is -2.18. The predicted octanol–water partition coefficient (Wildman–Crippen LogP) is 3.50. The van der Waals surface area contributed by atoms with Gasteiger partial charge in [-0.25, -0.2) is 14.6 Å². The fourth-order valence-corrected chi connectivity index (χ4v) is 4.65. The van der Waals surface area contributed by atoms with Crippen LogP contribution < -0.4 is 5.32 Å². The van der Waals surface area contributed by atoms with Crippen LogP contribution in [0.3, 0.4) is 0 Å². The van der Waals surface area contributed by atoms with Crippen LogP contribution in [0.15, 0.2) is 18.3 Å². The monoisotopic (exact) mass is 422 g/mol. The summed E-state index contributed by atoms with van der Waals surface area (Å²) in [7, 11) is 1.31. The number of aromatic nitrogens is 1. The molecule has 0 bridgehead atoms. The third-order valence-electron chi connectivity index (χ3n) is 4.45. The van der Waals surface area contributed by atoms with Gasteiger partial charge in [-0.05, 0) is 42.9 Å². The van der Waals surface area contributed by atoms with E-state index < -0.39 is 24.5 Å². The smallest absolute Gasteiger partial charge is 0.341 e. The van der Waals surface area contributed by atoms with Crippen LogP contribution in [0.1, 0.15) is 44.5 Å². The van der Waals surface area contributed by atoms with Gasteiger partial charge in [0.05, 0.1) is 18.2 Å². The molecule has 1 aliphatic rings. The van der Waals surface area contributed by atoms with Crippen molar-refractivity contribution in [2.75, 3.05) is 19.0 Å². The number of halogens is 1. The maximum Gasteiger partial charge on any atom is 0.341 e. The highest BCUT2D eigenvalue weighted by atomic mass is 35.5. The van der Waals surface area contributed by atoms with E-state index in [0.29, 0.717) is 16.5 Å². The number of anilines is 1.